The van der Waals surface area contributed by atoms with Crippen LogP contribution in [-0.2, 0) is 9.53 Å². The monoisotopic (exact) mass is 294 g/mol. The van der Waals surface area contributed by atoms with Gasteiger partial charge in [0, 0.05) is 31.7 Å². The van der Waals surface area contributed by atoms with Crippen LogP contribution in [0.2, 0.25) is 0 Å². The van der Waals surface area contributed by atoms with E-state index in [1.165, 1.54) is 38.8 Å². The number of carbonyl (C=O) groups excluding carboxylic acids is 1. The van der Waals surface area contributed by atoms with Crippen LogP contribution in [0.15, 0.2) is 0 Å². The number of rotatable bonds is 2. The van der Waals surface area contributed by atoms with Gasteiger partial charge >= 0.3 is 0 Å². The fourth-order valence-corrected chi connectivity index (χ4v) is 4.27. The van der Waals surface area contributed by atoms with Crippen LogP contribution in [0, 0.1) is 5.92 Å². The molecule has 0 aliphatic carbocycles. The largest absolute Gasteiger partial charge is 0.375 e. The first kappa shape index (κ1) is 15.3. The number of piperidine rings is 1. The summed E-state index contributed by atoms with van der Waals surface area (Å²) in [6.45, 7) is 9.20. The van der Waals surface area contributed by atoms with E-state index < -0.39 is 0 Å². The zero-order valence-electron chi connectivity index (χ0n) is 13.6. The van der Waals surface area contributed by atoms with E-state index in [9.17, 15) is 4.79 Å². The average Bonchev–Trinajstić information content (AvgIpc) is 3.02. The Kier molecular flexibility index (Phi) is 4.55. The third kappa shape index (κ3) is 3.26. The summed E-state index contributed by atoms with van der Waals surface area (Å²) < 4.78 is 6.22. The molecule has 0 saturated carbocycles. The lowest BCUT2D eigenvalue weighted by atomic mass is 9.81. The second-order valence-electron chi connectivity index (χ2n) is 7.40. The zero-order valence-corrected chi connectivity index (χ0v) is 13.6. The minimum absolute atomic E-state index is 0.0548. The molecule has 3 saturated heterocycles. The average molecular weight is 294 g/mol. The van der Waals surface area contributed by atoms with E-state index in [2.05, 4.69) is 4.90 Å². The van der Waals surface area contributed by atoms with Crippen LogP contribution >= 0.6 is 0 Å². The molecule has 1 unspecified atom stereocenters. The van der Waals surface area contributed by atoms with Gasteiger partial charge in [-0.3, -0.25) is 4.79 Å². The van der Waals surface area contributed by atoms with Crippen LogP contribution in [0.25, 0.3) is 0 Å². The van der Waals surface area contributed by atoms with Gasteiger partial charge in [-0.1, -0.05) is 13.8 Å². The maximum absolute atomic E-state index is 12.1. The molecule has 0 bridgehead atoms. The second-order valence-corrected chi connectivity index (χ2v) is 7.40. The number of hydrogen-bond acceptors (Lipinski definition) is 3. The fraction of sp³-hybridized carbons (Fsp3) is 0.941. The number of ether oxygens (including phenoxy) is 1. The van der Waals surface area contributed by atoms with E-state index >= 15 is 0 Å². The molecule has 4 nitrogen and oxygen atoms in total. The molecule has 3 aliphatic rings. The Hall–Kier alpha value is -0.610. The molecule has 1 spiro atoms. The molecule has 0 N–H and O–H groups in total. The molecule has 3 aliphatic heterocycles. The maximum atomic E-state index is 12.1. The summed E-state index contributed by atoms with van der Waals surface area (Å²) >= 11 is 0. The van der Waals surface area contributed by atoms with E-state index in [1.807, 2.05) is 18.7 Å². The quantitative estimate of drug-likeness (QED) is 0.783. The summed E-state index contributed by atoms with van der Waals surface area (Å²) in [6.07, 6.45) is 7.14. The highest BCUT2D eigenvalue weighted by Gasteiger charge is 2.42. The highest BCUT2D eigenvalue weighted by Crippen LogP contribution is 2.37. The first-order valence-corrected chi connectivity index (χ1v) is 8.76. The summed E-state index contributed by atoms with van der Waals surface area (Å²) in [5.41, 5.74) is 0.0548. The lowest BCUT2D eigenvalue weighted by molar-refractivity contribution is -0.150. The first-order valence-electron chi connectivity index (χ1n) is 8.76. The first-order chi connectivity index (χ1) is 10.1. The van der Waals surface area contributed by atoms with E-state index in [-0.39, 0.29) is 11.5 Å². The standard InChI is InChI=1S/C17H30N2O2/c1-14(2)16(20)19-10-6-17(7-11-19)13-15(5-12-21-17)18-8-3-4-9-18/h14-15H,3-13H2,1-2H3. The molecular formula is C17H30N2O2. The summed E-state index contributed by atoms with van der Waals surface area (Å²) in [7, 11) is 0. The third-order valence-electron chi connectivity index (χ3n) is 5.60. The van der Waals surface area contributed by atoms with Crippen molar-refractivity contribution in [3.8, 4) is 0 Å². The normalized spacial score (nSPS) is 30.2. The number of amides is 1. The Morgan fingerprint density at radius 3 is 2.43 bits per heavy atom. The molecule has 0 aromatic carbocycles. The number of nitrogens with zero attached hydrogens (tertiary/aromatic N) is 2. The fourth-order valence-electron chi connectivity index (χ4n) is 4.27. The number of carbonyl (C=O) groups is 1. The lowest BCUT2D eigenvalue weighted by Gasteiger charge is -2.48. The van der Waals surface area contributed by atoms with E-state index in [4.69, 9.17) is 4.74 Å². The Morgan fingerprint density at radius 2 is 1.81 bits per heavy atom. The second kappa shape index (κ2) is 6.25. The van der Waals surface area contributed by atoms with Gasteiger partial charge in [-0.2, -0.15) is 0 Å². The predicted octanol–water partition coefficient (Wildman–Crippen LogP) is 2.28. The van der Waals surface area contributed by atoms with Crippen LogP contribution in [0.1, 0.15) is 52.4 Å². The van der Waals surface area contributed by atoms with Gasteiger partial charge in [-0.25, -0.2) is 0 Å². The van der Waals surface area contributed by atoms with Crippen molar-refractivity contribution in [3.05, 3.63) is 0 Å². The van der Waals surface area contributed by atoms with Gasteiger partial charge in [0.25, 0.3) is 0 Å². The Bertz CT molecular complexity index is 369. The van der Waals surface area contributed by atoms with Crippen LogP contribution in [0.4, 0.5) is 0 Å². The van der Waals surface area contributed by atoms with Crippen molar-refractivity contribution in [2.24, 2.45) is 5.92 Å². The van der Waals surface area contributed by atoms with Gasteiger partial charge in [0.15, 0.2) is 0 Å². The molecule has 21 heavy (non-hydrogen) atoms. The lowest BCUT2D eigenvalue weighted by Crippen LogP contribution is -2.54. The third-order valence-corrected chi connectivity index (χ3v) is 5.60. The van der Waals surface area contributed by atoms with E-state index in [0.717, 1.165) is 32.5 Å². The predicted molar refractivity (Wildman–Crippen MR) is 83.2 cm³/mol. The SMILES string of the molecule is CC(C)C(=O)N1CCC2(CC1)CC(N1CCCC1)CCO2. The number of hydrogen-bond donors (Lipinski definition) is 0. The number of likely N-dealkylation sites (tertiary alicyclic amines) is 2. The molecule has 4 heteroatoms. The minimum Gasteiger partial charge on any atom is -0.375 e. The maximum Gasteiger partial charge on any atom is 0.225 e. The Balaban J connectivity index is 1.57. The summed E-state index contributed by atoms with van der Waals surface area (Å²) in [5, 5.41) is 0. The van der Waals surface area contributed by atoms with Crippen molar-refractivity contribution in [3.63, 3.8) is 0 Å². The van der Waals surface area contributed by atoms with Crippen LogP contribution < -0.4 is 0 Å². The molecule has 0 radical (unpaired) electrons. The smallest absolute Gasteiger partial charge is 0.225 e. The molecule has 1 atom stereocenters. The van der Waals surface area contributed by atoms with E-state index in [1.54, 1.807) is 0 Å². The summed E-state index contributed by atoms with van der Waals surface area (Å²) in [5.74, 6) is 0.417. The van der Waals surface area contributed by atoms with Crippen LogP contribution in [0.3, 0.4) is 0 Å². The highest BCUT2D eigenvalue weighted by molar-refractivity contribution is 5.78. The van der Waals surface area contributed by atoms with Crippen molar-refractivity contribution in [1.29, 1.82) is 0 Å². The molecule has 3 fully saturated rings. The Labute approximate surface area is 128 Å². The van der Waals surface area contributed by atoms with Gasteiger partial charge in [0.2, 0.25) is 5.91 Å². The van der Waals surface area contributed by atoms with Crippen molar-refractivity contribution < 1.29 is 9.53 Å². The van der Waals surface area contributed by atoms with Crippen molar-refractivity contribution in [1.82, 2.24) is 9.80 Å². The molecular weight excluding hydrogens is 264 g/mol. The Morgan fingerprint density at radius 1 is 1.14 bits per heavy atom. The van der Waals surface area contributed by atoms with Crippen molar-refractivity contribution in [2.75, 3.05) is 32.8 Å². The molecule has 120 valence electrons. The molecule has 3 rings (SSSR count). The van der Waals surface area contributed by atoms with E-state index in [0.29, 0.717) is 11.9 Å². The molecule has 3 heterocycles. The summed E-state index contributed by atoms with van der Waals surface area (Å²) in [4.78, 5) is 16.8. The van der Waals surface area contributed by atoms with Gasteiger partial charge in [-0.05, 0) is 51.6 Å². The molecule has 0 aromatic rings. The zero-order chi connectivity index (χ0) is 14.9. The van der Waals surface area contributed by atoms with Crippen molar-refractivity contribution >= 4 is 5.91 Å². The van der Waals surface area contributed by atoms with Gasteiger partial charge in [0.05, 0.1) is 5.60 Å². The van der Waals surface area contributed by atoms with Gasteiger partial charge < -0.3 is 14.5 Å². The molecule has 0 aromatic heterocycles. The topological polar surface area (TPSA) is 32.8 Å². The van der Waals surface area contributed by atoms with Crippen LogP contribution in [-0.4, -0.2) is 60.1 Å². The van der Waals surface area contributed by atoms with Gasteiger partial charge in [-0.15, -0.1) is 0 Å². The highest BCUT2D eigenvalue weighted by atomic mass is 16.5. The van der Waals surface area contributed by atoms with Gasteiger partial charge in [0.1, 0.15) is 0 Å². The minimum atomic E-state index is 0.0548. The summed E-state index contributed by atoms with van der Waals surface area (Å²) in [6, 6.07) is 0.716. The molecule has 1 amide bonds. The van der Waals surface area contributed by atoms with Crippen LogP contribution in [0.5, 0.6) is 0 Å². The van der Waals surface area contributed by atoms with Crippen molar-refractivity contribution in [2.45, 2.75) is 64.0 Å².